The van der Waals surface area contributed by atoms with Crippen LogP contribution in [0.3, 0.4) is 0 Å². The van der Waals surface area contributed by atoms with Gasteiger partial charge in [0.05, 0.1) is 16.1 Å². The van der Waals surface area contributed by atoms with Gasteiger partial charge in [-0.2, -0.15) is 0 Å². The Morgan fingerprint density at radius 2 is 1.89 bits per heavy atom. The Bertz CT molecular complexity index is 646. The van der Waals surface area contributed by atoms with E-state index in [4.69, 9.17) is 17.3 Å². The molecule has 2 aliphatic carbocycles. The number of halogens is 2. The number of rotatable bonds is 3. The topological polar surface area (TPSA) is 43.8 Å². The summed E-state index contributed by atoms with van der Waals surface area (Å²) in [6, 6.07) is 3.46. The molecule has 1 heterocycles. The third-order valence-corrected chi connectivity index (χ3v) is 4.56. The Balaban J connectivity index is 1.92. The minimum absolute atomic E-state index is 0.138. The fraction of sp³-hybridized carbons (Fsp3) is 0.500. The second-order valence-electron chi connectivity index (χ2n) is 5.76. The van der Waals surface area contributed by atoms with E-state index in [-0.39, 0.29) is 5.02 Å². The normalized spacial score (nSPS) is 19.5. The highest BCUT2D eigenvalue weighted by Gasteiger charge is 2.43. The largest absolute Gasteiger partial charge is 0.369 e. The Hall–Kier alpha value is -1.29. The van der Waals surface area contributed by atoms with Crippen molar-refractivity contribution in [3.63, 3.8) is 0 Å². The Morgan fingerprint density at radius 3 is 2.47 bits per heavy atom. The average molecular weight is 280 g/mol. The lowest BCUT2D eigenvalue weighted by Crippen LogP contribution is -2.15. The van der Waals surface area contributed by atoms with Gasteiger partial charge in [-0.3, -0.25) is 0 Å². The molecule has 0 radical (unpaired) electrons. The fourth-order valence-corrected chi connectivity index (χ4v) is 3.26. The summed E-state index contributed by atoms with van der Waals surface area (Å²) in [6.07, 6.45) is 5.04. The van der Waals surface area contributed by atoms with Crippen molar-refractivity contribution in [1.82, 2.24) is 9.55 Å². The van der Waals surface area contributed by atoms with E-state index in [2.05, 4.69) is 9.55 Å². The highest BCUT2D eigenvalue weighted by Crippen LogP contribution is 2.53. The number of benzene rings is 1. The zero-order chi connectivity index (χ0) is 13.1. The molecule has 2 N–H and O–H groups in total. The maximum absolute atomic E-state index is 13.5. The van der Waals surface area contributed by atoms with Crippen LogP contribution in [-0.2, 0) is 0 Å². The van der Waals surface area contributed by atoms with Crippen molar-refractivity contribution in [2.24, 2.45) is 11.8 Å². The molecule has 2 aromatic rings. The molecule has 0 bridgehead atoms. The van der Waals surface area contributed by atoms with Crippen LogP contribution >= 0.6 is 11.6 Å². The Kier molecular flexibility index (Phi) is 2.34. The van der Waals surface area contributed by atoms with Crippen molar-refractivity contribution < 1.29 is 4.39 Å². The van der Waals surface area contributed by atoms with Crippen LogP contribution in [0.1, 0.15) is 31.7 Å². The molecule has 19 heavy (non-hydrogen) atoms. The van der Waals surface area contributed by atoms with E-state index in [1.165, 1.54) is 31.7 Å². The van der Waals surface area contributed by atoms with Crippen molar-refractivity contribution in [3.8, 4) is 0 Å². The number of fused-ring (bicyclic) bond motifs is 1. The van der Waals surface area contributed by atoms with Gasteiger partial charge in [0.25, 0.3) is 0 Å². The van der Waals surface area contributed by atoms with Crippen molar-refractivity contribution in [1.29, 1.82) is 0 Å². The summed E-state index contributed by atoms with van der Waals surface area (Å²) in [5, 5.41) is 0.138. The van der Waals surface area contributed by atoms with Gasteiger partial charge in [-0.25, -0.2) is 9.37 Å². The van der Waals surface area contributed by atoms with Gasteiger partial charge in [-0.05, 0) is 43.6 Å². The third kappa shape index (κ3) is 1.81. The first kappa shape index (κ1) is 11.5. The predicted molar refractivity (Wildman–Crippen MR) is 73.6 cm³/mol. The molecular weight excluding hydrogens is 265 g/mol. The molecule has 2 aliphatic rings. The zero-order valence-electron chi connectivity index (χ0n) is 10.4. The van der Waals surface area contributed by atoms with Crippen LogP contribution in [0.15, 0.2) is 12.1 Å². The first-order valence-electron chi connectivity index (χ1n) is 6.77. The lowest BCUT2D eigenvalue weighted by Gasteiger charge is -2.20. The first-order chi connectivity index (χ1) is 9.15. The molecule has 4 rings (SSSR count). The molecule has 2 saturated carbocycles. The molecule has 0 spiro atoms. The molecule has 0 unspecified atom stereocenters. The number of nitrogen functional groups attached to an aromatic ring is 1. The summed E-state index contributed by atoms with van der Waals surface area (Å²) < 4.78 is 15.6. The number of nitrogens with zero attached hydrogens (tertiary/aromatic N) is 2. The number of anilines is 1. The molecule has 0 atom stereocenters. The van der Waals surface area contributed by atoms with E-state index in [0.717, 1.165) is 5.52 Å². The minimum atomic E-state index is -0.437. The summed E-state index contributed by atoms with van der Waals surface area (Å²) in [4.78, 5) is 4.30. The van der Waals surface area contributed by atoms with Gasteiger partial charge >= 0.3 is 0 Å². The standard InChI is InChI=1S/C14H15ClFN3/c15-9-5-12-11(6-10(9)16)18-14(17)19(12)13(7-1-2-7)8-3-4-8/h5-8,13H,1-4H2,(H2,17,18). The van der Waals surface area contributed by atoms with Crippen molar-refractivity contribution in [2.45, 2.75) is 31.7 Å². The molecule has 2 fully saturated rings. The monoisotopic (exact) mass is 279 g/mol. The van der Waals surface area contributed by atoms with Crippen LogP contribution in [-0.4, -0.2) is 9.55 Å². The molecule has 100 valence electrons. The van der Waals surface area contributed by atoms with Crippen LogP contribution in [0, 0.1) is 17.7 Å². The minimum Gasteiger partial charge on any atom is -0.369 e. The summed E-state index contributed by atoms with van der Waals surface area (Å²) in [5.74, 6) is 1.46. The van der Waals surface area contributed by atoms with Crippen molar-refractivity contribution >= 4 is 28.6 Å². The molecular formula is C14H15ClFN3. The first-order valence-corrected chi connectivity index (χ1v) is 7.15. The summed E-state index contributed by atoms with van der Waals surface area (Å²) in [5.41, 5.74) is 7.54. The fourth-order valence-electron chi connectivity index (χ4n) is 3.10. The van der Waals surface area contributed by atoms with Crippen molar-refractivity contribution in [2.75, 3.05) is 5.73 Å². The number of nitrogens with two attached hydrogens (primary N) is 1. The number of imidazole rings is 1. The van der Waals surface area contributed by atoms with E-state index >= 15 is 0 Å². The molecule has 1 aromatic carbocycles. The third-order valence-electron chi connectivity index (χ3n) is 4.27. The van der Waals surface area contributed by atoms with E-state index in [1.807, 2.05) is 0 Å². The Morgan fingerprint density at radius 1 is 1.26 bits per heavy atom. The van der Waals surface area contributed by atoms with Crippen molar-refractivity contribution in [3.05, 3.63) is 23.0 Å². The van der Waals surface area contributed by atoms with Gasteiger partial charge in [0.15, 0.2) is 0 Å². The number of aromatic nitrogens is 2. The highest BCUT2D eigenvalue weighted by atomic mass is 35.5. The van der Waals surface area contributed by atoms with Crippen LogP contribution in [0.2, 0.25) is 5.02 Å². The maximum Gasteiger partial charge on any atom is 0.201 e. The quantitative estimate of drug-likeness (QED) is 0.929. The van der Waals surface area contributed by atoms with Gasteiger partial charge in [-0.15, -0.1) is 0 Å². The van der Waals surface area contributed by atoms with Crippen LogP contribution in [0.5, 0.6) is 0 Å². The lowest BCUT2D eigenvalue weighted by molar-refractivity contribution is 0.409. The summed E-state index contributed by atoms with van der Waals surface area (Å²) >= 11 is 5.91. The van der Waals surface area contributed by atoms with Crippen LogP contribution < -0.4 is 5.73 Å². The van der Waals surface area contributed by atoms with Gasteiger partial charge in [-0.1, -0.05) is 11.6 Å². The Labute approximate surface area is 115 Å². The van der Waals surface area contributed by atoms with E-state index < -0.39 is 5.82 Å². The molecule has 0 aliphatic heterocycles. The molecule has 0 saturated heterocycles. The maximum atomic E-state index is 13.5. The van der Waals surface area contributed by atoms with Crippen LogP contribution in [0.25, 0.3) is 11.0 Å². The lowest BCUT2D eigenvalue weighted by atomic mass is 10.1. The molecule has 3 nitrogen and oxygen atoms in total. The highest BCUT2D eigenvalue weighted by molar-refractivity contribution is 6.31. The number of hydrogen-bond donors (Lipinski definition) is 1. The smallest absolute Gasteiger partial charge is 0.201 e. The second-order valence-corrected chi connectivity index (χ2v) is 6.17. The second kappa shape index (κ2) is 3.85. The van der Waals surface area contributed by atoms with E-state index in [1.54, 1.807) is 6.07 Å². The van der Waals surface area contributed by atoms with Gasteiger partial charge in [0, 0.05) is 12.1 Å². The van der Waals surface area contributed by atoms with E-state index in [0.29, 0.717) is 29.3 Å². The zero-order valence-corrected chi connectivity index (χ0v) is 11.2. The average Bonchev–Trinajstić information content (AvgIpc) is 3.24. The molecule has 1 aromatic heterocycles. The van der Waals surface area contributed by atoms with E-state index in [9.17, 15) is 4.39 Å². The van der Waals surface area contributed by atoms with Gasteiger partial charge in [0.2, 0.25) is 5.95 Å². The summed E-state index contributed by atoms with van der Waals surface area (Å²) in [7, 11) is 0. The SMILES string of the molecule is Nc1nc2cc(F)c(Cl)cc2n1C(C1CC1)C1CC1. The molecule has 0 amide bonds. The number of hydrogen-bond acceptors (Lipinski definition) is 2. The molecule has 5 heteroatoms. The predicted octanol–water partition coefficient (Wildman–Crippen LogP) is 3.77. The van der Waals surface area contributed by atoms with Crippen LogP contribution in [0.4, 0.5) is 10.3 Å². The summed E-state index contributed by atoms with van der Waals surface area (Å²) in [6.45, 7) is 0. The van der Waals surface area contributed by atoms with Gasteiger partial charge in [0.1, 0.15) is 5.82 Å². The van der Waals surface area contributed by atoms with Gasteiger partial charge < -0.3 is 10.3 Å².